The Morgan fingerprint density at radius 2 is 2.14 bits per heavy atom. The van der Waals surface area contributed by atoms with Crippen molar-refractivity contribution >= 4 is 0 Å². The Labute approximate surface area is 124 Å². The lowest BCUT2D eigenvalue weighted by Gasteiger charge is -2.32. The molecule has 0 saturated carbocycles. The van der Waals surface area contributed by atoms with E-state index in [2.05, 4.69) is 21.9 Å². The van der Waals surface area contributed by atoms with Gasteiger partial charge in [-0.25, -0.2) is 0 Å². The summed E-state index contributed by atoms with van der Waals surface area (Å²) in [6.45, 7) is 4.61. The molecule has 0 spiro atoms. The second-order valence-electron chi connectivity index (χ2n) is 5.04. The molecule has 0 aliphatic carbocycles. The third kappa shape index (κ3) is 5.57. The summed E-state index contributed by atoms with van der Waals surface area (Å²) in [7, 11) is 0. The highest BCUT2D eigenvalue weighted by molar-refractivity contribution is 5.27. The molecule has 0 amide bonds. The largest absolute Gasteiger partial charge is 0.435 e. The van der Waals surface area contributed by atoms with E-state index >= 15 is 0 Å². The van der Waals surface area contributed by atoms with Crippen LogP contribution in [0.25, 0.3) is 0 Å². The number of nitrogens with zero attached hydrogens (tertiary/aromatic N) is 1. The van der Waals surface area contributed by atoms with Gasteiger partial charge in [-0.3, -0.25) is 4.90 Å². The van der Waals surface area contributed by atoms with Crippen LogP contribution < -0.4 is 10.1 Å². The summed E-state index contributed by atoms with van der Waals surface area (Å²) < 4.78 is 34.1. The molecule has 1 aliphatic heterocycles. The van der Waals surface area contributed by atoms with E-state index in [4.69, 9.17) is 4.74 Å². The van der Waals surface area contributed by atoms with Crippen molar-refractivity contribution in [1.82, 2.24) is 10.2 Å². The van der Waals surface area contributed by atoms with Gasteiger partial charge in [-0.15, -0.1) is 0 Å². The Morgan fingerprint density at radius 1 is 1.38 bits per heavy atom. The number of rotatable bonds is 7. The number of ether oxygens (including phenoxy) is 2. The summed E-state index contributed by atoms with van der Waals surface area (Å²) in [4.78, 5) is 2.37. The fourth-order valence-electron chi connectivity index (χ4n) is 2.36. The van der Waals surface area contributed by atoms with Crippen LogP contribution in [-0.2, 0) is 11.3 Å². The standard InChI is InChI=1S/C15H22F2N2O2/c1-2-19-7-8-20-14(11-19)10-18-9-12-3-5-13(6-4-12)21-15(16)17/h3-6,14-15,18H,2,7-11H2,1H3. The number of hydrogen-bond donors (Lipinski definition) is 1. The van der Waals surface area contributed by atoms with Gasteiger partial charge in [0.15, 0.2) is 0 Å². The first-order valence-corrected chi connectivity index (χ1v) is 7.25. The molecule has 1 saturated heterocycles. The van der Waals surface area contributed by atoms with Crippen molar-refractivity contribution in [3.63, 3.8) is 0 Å². The monoisotopic (exact) mass is 300 g/mol. The minimum Gasteiger partial charge on any atom is -0.435 e. The second-order valence-corrected chi connectivity index (χ2v) is 5.04. The van der Waals surface area contributed by atoms with Crippen LogP contribution in [0, 0.1) is 0 Å². The summed E-state index contributed by atoms with van der Waals surface area (Å²) in [5.74, 6) is 0.183. The minimum atomic E-state index is -2.78. The molecular weight excluding hydrogens is 278 g/mol. The zero-order valence-electron chi connectivity index (χ0n) is 12.2. The molecule has 1 aromatic rings. The number of likely N-dealkylation sites (N-methyl/N-ethyl adjacent to an activating group) is 1. The maximum absolute atomic E-state index is 12.0. The fourth-order valence-corrected chi connectivity index (χ4v) is 2.36. The number of alkyl halides is 2. The highest BCUT2D eigenvalue weighted by Crippen LogP contribution is 2.14. The predicted molar refractivity (Wildman–Crippen MR) is 76.6 cm³/mol. The molecule has 0 aromatic heterocycles. The van der Waals surface area contributed by atoms with Crippen LogP contribution in [0.5, 0.6) is 5.75 Å². The highest BCUT2D eigenvalue weighted by atomic mass is 19.3. The fraction of sp³-hybridized carbons (Fsp3) is 0.600. The molecule has 1 atom stereocenters. The van der Waals surface area contributed by atoms with Crippen molar-refractivity contribution < 1.29 is 18.3 Å². The van der Waals surface area contributed by atoms with Gasteiger partial charge in [0.2, 0.25) is 0 Å². The number of hydrogen-bond acceptors (Lipinski definition) is 4. The topological polar surface area (TPSA) is 33.7 Å². The predicted octanol–water partition coefficient (Wildman–Crippen LogP) is 2.10. The van der Waals surface area contributed by atoms with Gasteiger partial charge in [0, 0.05) is 26.2 Å². The molecule has 1 unspecified atom stereocenters. The Bertz CT molecular complexity index is 415. The first-order valence-electron chi connectivity index (χ1n) is 7.25. The number of halogens is 2. The molecule has 1 fully saturated rings. The molecule has 0 bridgehead atoms. The van der Waals surface area contributed by atoms with E-state index in [-0.39, 0.29) is 11.9 Å². The zero-order chi connectivity index (χ0) is 15.1. The zero-order valence-corrected chi connectivity index (χ0v) is 12.2. The minimum absolute atomic E-state index is 0.183. The van der Waals surface area contributed by atoms with E-state index in [0.29, 0.717) is 6.54 Å². The molecule has 21 heavy (non-hydrogen) atoms. The van der Waals surface area contributed by atoms with Crippen LogP contribution in [0.2, 0.25) is 0 Å². The van der Waals surface area contributed by atoms with Crippen molar-refractivity contribution in [3.05, 3.63) is 29.8 Å². The van der Waals surface area contributed by atoms with Gasteiger partial charge in [-0.1, -0.05) is 19.1 Å². The van der Waals surface area contributed by atoms with Crippen LogP contribution in [0.15, 0.2) is 24.3 Å². The van der Waals surface area contributed by atoms with Gasteiger partial charge in [0.25, 0.3) is 0 Å². The van der Waals surface area contributed by atoms with E-state index in [1.54, 1.807) is 24.3 Å². The van der Waals surface area contributed by atoms with Crippen LogP contribution in [-0.4, -0.2) is 50.4 Å². The number of benzene rings is 1. The van der Waals surface area contributed by atoms with Crippen LogP contribution in [0.4, 0.5) is 8.78 Å². The van der Waals surface area contributed by atoms with Crippen molar-refractivity contribution in [2.24, 2.45) is 0 Å². The van der Waals surface area contributed by atoms with E-state index in [1.807, 2.05) is 0 Å². The molecule has 118 valence electrons. The van der Waals surface area contributed by atoms with Gasteiger partial charge in [0.1, 0.15) is 5.75 Å². The van der Waals surface area contributed by atoms with E-state index < -0.39 is 6.61 Å². The third-order valence-electron chi connectivity index (χ3n) is 3.52. The molecule has 6 heteroatoms. The van der Waals surface area contributed by atoms with Crippen molar-refractivity contribution in [3.8, 4) is 5.75 Å². The summed E-state index contributed by atoms with van der Waals surface area (Å²) >= 11 is 0. The lowest BCUT2D eigenvalue weighted by molar-refractivity contribution is -0.0498. The smallest absolute Gasteiger partial charge is 0.387 e. The molecule has 4 nitrogen and oxygen atoms in total. The van der Waals surface area contributed by atoms with Gasteiger partial charge in [0.05, 0.1) is 12.7 Å². The van der Waals surface area contributed by atoms with Crippen molar-refractivity contribution in [2.75, 3.05) is 32.8 Å². The summed E-state index contributed by atoms with van der Waals surface area (Å²) in [5, 5.41) is 3.34. The molecule has 1 N–H and O–H groups in total. The van der Waals surface area contributed by atoms with Crippen LogP contribution in [0.3, 0.4) is 0 Å². The Balaban J connectivity index is 1.70. The SMILES string of the molecule is CCN1CCOC(CNCc2ccc(OC(F)F)cc2)C1. The Hall–Kier alpha value is -1.24. The maximum atomic E-state index is 12.0. The van der Waals surface area contributed by atoms with E-state index in [9.17, 15) is 8.78 Å². The lowest BCUT2D eigenvalue weighted by atomic mass is 10.2. The van der Waals surface area contributed by atoms with Crippen LogP contribution >= 0.6 is 0 Å². The molecular formula is C15H22F2N2O2. The number of nitrogens with one attached hydrogen (secondary N) is 1. The second kappa shape index (κ2) is 8.26. The Kier molecular flexibility index (Phi) is 6.35. The first-order chi connectivity index (χ1) is 10.2. The molecule has 1 aromatic carbocycles. The Morgan fingerprint density at radius 3 is 2.81 bits per heavy atom. The van der Waals surface area contributed by atoms with Crippen LogP contribution in [0.1, 0.15) is 12.5 Å². The van der Waals surface area contributed by atoms with Crippen molar-refractivity contribution in [2.45, 2.75) is 26.2 Å². The average molecular weight is 300 g/mol. The summed E-state index contributed by atoms with van der Waals surface area (Å²) in [6, 6.07) is 6.67. The quantitative estimate of drug-likeness (QED) is 0.836. The summed E-state index contributed by atoms with van der Waals surface area (Å²) in [6.07, 6.45) is 0.208. The van der Waals surface area contributed by atoms with E-state index in [1.165, 1.54) is 0 Å². The lowest BCUT2D eigenvalue weighted by Crippen LogP contribution is -2.46. The first kappa shape index (κ1) is 16.1. The van der Waals surface area contributed by atoms with Gasteiger partial charge in [-0.2, -0.15) is 8.78 Å². The number of morpholine rings is 1. The molecule has 1 heterocycles. The molecule has 0 radical (unpaired) electrons. The normalized spacial score (nSPS) is 19.9. The molecule has 2 rings (SSSR count). The third-order valence-corrected chi connectivity index (χ3v) is 3.52. The highest BCUT2D eigenvalue weighted by Gasteiger charge is 2.18. The van der Waals surface area contributed by atoms with Gasteiger partial charge >= 0.3 is 6.61 Å². The molecule has 1 aliphatic rings. The van der Waals surface area contributed by atoms with Crippen molar-refractivity contribution in [1.29, 1.82) is 0 Å². The summed E-state index contributed by atoms with van der Waals surface area (Å²) in [5.41, 5.74) is 1.03. The van der Waals surface area contributed by atoms with E-state index in [0.717, 1.165) is 38.3 Å². The van der Waals surface area contributed by atoms with Gasteiger partial charge in [-0.05, 0) is 24.2 Å². The average Bonchev–Trinajstić information content (AvgIpc) is 2.49. The van der Waals surface area contributed by atoms with Gasteiger partial charge < -0.3 is 14.8 Å². The maximum Gasteiger partial charge on any atom is 0.387 e.